The van der Waals surface area contributed by atoms with Crippen molar-refractivity contribution in [3.8, 4) is 0 Å². The number of rotatable bonds is 6. The van der Waals surface area contributed by atoms with Crippen molar-refractivity contribution in [3.05, 3.63) is 57.9 Å². The van der Waals surface area contributed by atoms with Crippen LogP contribution in [-0.4, -0.2) is 30.7 Å². The van der Waals surface area contributed by atoms with Crippen molar-refractivity contribution in [2.45, 2.75) is 39.2 Å². The summed E-state index contributed by atoms with van der Waals surface area (Å²) in [4.78, 5) is 12.8. The van der Waals surface area contributed by atoms with E-state index in [1.54, 1.807) is 13.2 Å². The summed E-state index contributed by atoms with van der Waals surface area (Å²) in [7, 11) is 1.59. The fourth-order valence-electron chi connectivity index (χ4n) is 3.71. The average Bonchev–Trinajstić information content (AvgIpc) is 2.91. The molecular formula is C20H24F2N2O2. The van der Waals surface area contributed by atoms with Crippen molar-refractivity contribution in [1.82, 2.24) is 9.88 Å². The van der Waals surface area contributed by atoms with E-state index in [4.69, 9.17) is 4.74 Å². The summed E-state index contributed by atoms with van der Waals surface area (Å²) < 4.78 is 33.8. The highest BCUT2D eigenvalue weighted by molar-refractivity contribution is 5.95. The van der Waals surface area contributed by atoms with Crippen LogP contribution in [-0.2, 0) is 24.1 Å². The van der Waals surface area contributed by atoms with E-state index in [1.165, 1.54) is 11.6 Å². The van der Waals surface area contributed by atoms with Crippen molar-refractivity contribution in [2.24, 2.45) is 0 Å². The molecule has 1 N–H and O–H groups in total. The lowest BCUT2D eigenvalue weighted by atomic mass is 9.95. The molecule has 0 fully saturated rings. The zero-order valence-electron chi connectivity index (χ0n) is 15.2. The zero-order valence-corrected chi connectivity index (χ0v) is 15.2. The van der Waals surface area contributed by atoms with Crippen LogP contribution in [0.3, 0.4) is 0 Å². The first-order valence-corrected chi connectivity index (χ1v) is 8.94. The Morgan fingerprint density at radius 3 is 2.73 bits per heavy atom. The average molecular weight is 362 g/mol. The molecule has 0 unspecified atom stereocenters. The Kier molecular flexibility index (Phi) is 5.71. The van der Waals surface area contributed by atoms with Gasteiger partial charge in [0.15, 0.2) is 11.6 Å². The van der Waals surface area contributed by atoms with Crippen LogP contribution in [0.1, 0.15) is 45.7 Å². The second-order valence-corrected chi connectivity index (χ2v) is 6.69. The molecule has 140 valence electrons. The molecule has 0 atom stereocenters. The van der Waals surface area contributed by atoms with Crippen LogP contribution in [0.15, 0.2) is 18.2 Å². The van der Waals surface area contributed by atoms with Gasteiger partial charge in [-0.3, -0.25) is 4.79 Å². The Hall–Kier alpha value is -2.21. The third-order valence-corrected chi connectivity index (χ3v) is 4.97. The molecule has 1 aliphatic carbocycles. The summed E-state index contributed by atoms with van der Waals surface area (Å²) >= 11 is 0. The number of aromatic nitrogens is 1. The predicted octanol–water partition coefficient (Wildman–Crippen LogP) is 3.38. The number of nitrogens with one attached hydrogen (secondary N) is 1. The molecule has 0 bridgehead atoms. The number of carbonyl (C=O) groups excluding carboxylic acids is 1. The molecule has 26 heavy (non-hydrogen) atoms. The third kappa shape index (κ3) is 3.65. The molecule has 0 saturated carbocycles. The number of nitrogens with zero attached hydrogens (tertiary/aromatic N) is 1. The largest absolute Gasteiger partial charge is 0.383 e. The normalized spacial score (nSPS) is 13.5. The third-order valence-electron chi connectivity index (χ3n) is 4.97. The van der Waals surface area contributed by atoms with Gasteiger partial charge in [-0.05, 0) is 61.4 Å². The Morgan fingerprint density at radius 1 is 1.23 bits per heavy atom. The molecule has 1 aromatic heterocycles. The quantitative estimate of drug-likeness (QED) is 0.801. The molecule has 1 heterocycles. The highest BCUT2D eigenvalue weighted by Gasteiger charge is 2.26. The van der Waals surface area contributed by atoms with Gasteiger partial charge in [-0.2, -0.15) is 0 Å². The van der Waals surface area contributed by atoms with Gasteiger partial charge in [0.25, 0.3) is 5.91 Å². The number of benzene rings is 1. The minimum Gasteiger partial charge on any atom is -0.383 e. The summed E-state index contributed by atoms with van der Waals surface area (Å²) in [5, 5.41) is 2.88. The first-order valence-electron chi connectivity index (χ1n) is 8.94. The molecule has 1 aromatic carbocycles. The minimum absolute atomic E-state index is 0.156. The van der Waals surface area contributed by atoms with Crippen molar-refractivity contribution < 1.29 is 18.3 Å². The van der Waals surface area contributed by atoms with Crippen LogP contribution < -0.4 is 5.32 Å². The van der Waals surface area contributed by atoms with Crippen LogP contribution in [0.5, 0.6) is 0 Å². The topological polar surface area (TPSA) is 43.3 Å². The number of hydrogen-bond acceptors (Lipinski definition) is 2. The molecule has 0 aliphatic heterocycles. The molecule has 1 aliphatic rings. The summed E-state index contributed by atoms with van der Waals surface area (Å²) in [5.41, 5.74) is 4.58. The number of carbonyl (C=O) groups is 1. The van der Waals surface area contributed by atoms with Crippen LogP contribution in [0.2, 0.25) is 0 Å². The lowest BCUT2D eigenvalue weighted by Crippen LogP contribution is -2.30. The number of methoxy groups -OCH3 is 1. The van der Waals surface area contributed by atoms with E-state index in [1.807, 2.05) is 11.5 Å². The molecule has 0 radical (unpaired) electrons. The highest BCUT2D eigenvalue weighted by Crippen LogP contribution is 2.30. The van der Waals surface area contributed by atoms with E-state index in [0.717, 1.165) is 43.0 Å². The highest BCUT2D eigenvalue weighted by atomic mass is 19.2. The fraction of sp³-hybridized carbons (Fsp3) is 0.450. The van der Waals surface area contributed by atoms with E-state index in [9.17, 15) is 13.6 Å². The second-order valence-electron chi connectivity index (χ2n) is 6.69. The van der Waals surface area contributed by atoms with E-state index in [0.29, 0.717) is 31.0 Å². The summed E-state index contributed by atoms with van der Waals surface area (Å²) in [5.74, 6) is -1.89. The maximum atomic E-state index is 13.6. The lowest BCUT2D eigenvalue weighted by Gasteiger charge is -2.17. The first kappa shape index (κ1) is 18.6. The van der Waals surface area contributed by atoms with Gasteiger partial charge in [0, 0.05) is 25.9 Å². The van der Waals surface area contributed by atoms with Crippen LogP contribution in [0.25, 0.3) is 0 Å². The van der Waals surface area contributed by atoms with Gasteiger partial charge in [0.05, 0.1) is 6.61 Å². The standard InChI is InChI=1S/C20H24F2N2O2/c1-13-15-5-3-4-6-18(15)24(19(13)20(25)23-9-10-26-2)12-14-7-8-16(21)17(22)11-14/h7-8,11H,3-6,9-10,12H2,1-2H3,(H,23,25). The van der Waals surface area contributed by atoms with Crippen molar-refractivity contribution in [3.63, 3.8) is 0 Å². The molecule has 0 spiro atoms. The Bertz CT molecular complexity index is 815. The summed E-state index contributed by atoms with van der Waals surface area (Å²) in [6.45, 7) is 3.18. The molecule has 3 rings (SSSR count). The molecule has 2 aromatic rings. The van der Waals surface area contributed by atoms with E-state index in [2.05, 4.69) is 5.32 Å². The van der Waals surface area contributed by atoms with E-state index >= 15 is 0 Å². The summed E-state index contributed by atoms with van der Waals surface area (Å²) in [6, 6.07) is 3.90. The van der Waals surface area contributed by atoms with Gasteiger partial charge in [0.2, 0.25) is 0 Å². The van der Waals surface area contributed by atoms with Gasteiger partial charge in [-0.25, -0.2) is 8.78 Å². The lowest BCUT2D eigenvalue weighted by molar-refractivity contribution is 0.0927. The van der Waals surface area contributed by atoms with Crippen LogP contribution >= 0.6 is 0 Å². The molecule has 6 heteroatoms. The first-order chi connectivity index (χ1) is 12.5. The predicted molar refractivity (Wildman–Crippen MR) is 95.5 cm³/mol. The smallest absolute Gasteiger partial charge is 0.268 e. The second kappa shape index (κ2) is 7.99. The monoisotopic (exact) mass is 362 g/mol. The molecular weight excluding hydrogens is 338 g/mol. The van der Waals surface area contributed by atoms with Crippen LogP contribution in [0, 0.1) is 18.6 Å². The zero-order chi connectivity index (χ0) is 18.7. The fourth-order valence-corrected chi connectivity index (χ4v) is 3.71. The van der Waals surface area contributed by atoms with Gasteiger partial charge in [-0.15, -0.1) is 0 Å². The van der Waals surface area contributed by atoms with Gasteiger partial charge in [-0.1, -0.05) is 6.07 Å². The maximum Gasteiger partial charge on any atom is 0.268 e. The Morgan fingerprint density at radius 2 is 2.00 bits per heavy atom. The van der Waals surface area contributed by atoms with Crippen LogP contribution in [0.4, 0.5) is 8.78 Å². The van der Waals surface area contributed by atoms with E-state index in [-0.39, 0.29) is 5.91 Å². The molecule has 0 saturated heterocycles. The van der Waals surface area contributed by atoms with Crippen molar-refractivity contribution >= 4 is 5.91 Å². The number of ether oxygens (including phenoxy) is 1. The maximum absolute atomic E-state index is 13.6. The number of hydrogen-bond donors (Lipinski definition) is 1. The molecule has 1 amide bonds. The number of amides is 1. The number of fused-ring (bicyclic) bond motifs is 1. The van der Waals surface area contributed by atoms with Gasteiger partial charge >= 0.3 is 0 Å². The minimum atomic E-state index is -0.869. The summed E-state index contributed by atoms with van der Waals surface area (Å²) in [6.07, 6.45) is 4.02. The van der Waals surface area contributed by atoms with Crippen molar-refractivity contribution in [2.75, 3.05) is 20.3 Å². The molecule has 4 nitrogen and oxygen atoms in total. The van der Waals surface area contributed by atoms with Crippen molar-refractivity contribution in [1.29, 1.82) is 0 Å². The van der Waals surface area contributed by atoms with Gasteiger partial charge in [0.1, 0.15) is 5.69 Å². The Balaban J connectivity index is 1.98. The van der Waals surface area contributed by atoms with E-state index < -0.39 is 11.6 Å². The Labute approximate surface area is 152 Å². The SMILES string of the molecule is COCCNC(=O)c1c(C)c2c(n1Cc1ccc(F)c(F)c1)CCCC2. The number of halogens is 2. The van der Waals surface area contributed by atoms with Gasteiger partial charge < -0.3 is 14.6 Å².